The lowest BCUT2D eigenvalue weighted by Crippen LogP contribution is -2.17. The quantitative estimate of drug-likeness (QED) is 0.351. The second-order valence-corrected chi connectivity index (χ2v) is 6.17. The molecule has 4 rings (SSSR count). The molecular formula is C20H14F3N5O. The number of hydrogen-bond donors (Lipinski definition) is 3. The first-order valence-corrected chi connectivity index (χ1v) is 8.47. The number of para-hydroxylation sites is 1. The van der Waals surface area contributed by atoms with Crippen LogP contribution >= 0.6 is 0 Å². The van der Waals surface area contributed by atoms with Crippen LogP contribution in [0, 0.1) is 5.41 Å². The molecule has 0 saturated carbocycles. The van der Waals surface area contributed by atoms with Gasteiger partial charge in [0, 0.05) is 22.5 Å². The van der Waals surface area contributed by atoms with E-state index in [0.29, 0.717) is 38.4 Å². The second-order valence-electron chi connectivity index (χ2n) is 6.17. The number of halogens is 3. The van der Waals surface area contributed by atoms with Crippen LogP contribution in [0.5, 0.6) is 5.75 Å². The fraction of sp³-hybridized carbons (Fsp3) is 0.0500. The molecule has 2 aromatic heterocycles. The lowest BCUT2D eigenvalue weighted by atomic mass is 10.1. The Hall–Kier alpha value is -3.88. The summed E-state index contributed by atoms with van der Waals surface area (Å²) in [6.07, 6.45) is -3.13. The van der Waals surface area contributed by atoms with E-state index in [4.69, 9.17) is 11.1 Å². The number of aromatic amines is 1. The summed E-state index contributed by atoms with van der Waals surface area (Å²) in [7, 11) is 0. The summed E-state index contributed by atoms with van der Waals surface area (Å²) < 4.78 is 41.9. The predicted octanol–water partition coefficient (Wildman–Crippen LogP) is 4.08. The van der Waals surface area contributed by atoms with E-state index in [1.165, 1.54) is 18.2 Å². The van der Waals surface area contributed by atoms with E-state index in [1.54, 1.807) is 42.6 Å². The number of nitrogens with two attached hydrogens (primary N) is 1. The van der Waals surface area contributed by atoms with Gasteiger partial charge in [-0.25, -0.2) is 9.98 Å². The van der Waals surface area contributed by atoms with Crippen molar-refractivity contribution in [3.8, 4) is 17.0 Å². The molecule has 0 aliphatic rings. The van der Waals surface area contributed by atoms with Crippen LogP contribution in [0.2, 0.25) is 0 Å². The SMILES string of the molecule is N=C(N)/N=c1/c2ccccc2nc(-c2cccc(OC(F)(F)F)c2)c2cc[nH]c12. The highest BCUT2D eigenvalue weighted by Gasteiger charge is 2.31. The van der Waals surface area contributed by atoms with Crippen LogP contribution in [-0.2, 0) is 0 Å². The number of aromatic nitrogens is 2. The van der Waals surface area contributed by atoms with Crippen molar-refractivity contribution in [1.82, 2.24) is 9.97 Å². The Labute approximate surface area is 162 Å². The van der Waals surface area contributed by atoms with Crippen LogP contribution in [0.3, 0.4) is 0 Å². The van der Waals surface area contributed by atoms with Gasteiger partial charge in [-0.1, -0.05) is 30.3 Å². The summed E-state index contributed by atoms with van der Waals surface area (Å²) in [5.41, 5.74) is 7.49. The van der Waals surface area contributed by atoms with Crippen LogP contribution in [-0.4, -0.2) is 22.3 Å². The first-order chi connectivity index (χ1) is 13.8. The molecule has 0 radical (unpaired) electrons. The molecule has 0 bridgehead atoms. The van der Waals surface area contributed by atoms with Gasteiger partial charge in [0.15, 0.2) is 0 Å². The molecule has 0 aliphatic carbocycles. The van der Waals surface area contributed by atoms with Crippen LogP contribution in [0.4, 0.5) is 13.2 Å². The van der Waals surface area contributed by atoms with Crippen molar-refractivity contribution in [2.75, 3.05) is 0 Å². The minimum absolute atomic E-state index is 0.343. The fourth-order valence-corrected chi connectivity index (χ4v) is 3.15. The molecule has 146 valence electrons. The third-order valence-corrected chi connectivity index (χ3v) is 4.20. The second kappa shape index (κ2) is 6.93. The Morgan fingerprint density at radius 2 is 1.86 bits per heavy atom. The van der Waals surface area contributed by atoms with E-state index >= 15 is 0 Å². The smallest absolute Gasteiger partial charge is 0.406 e. The Bertz CT molecular complexity index is 1310. The lowest BCUT2D eigenvalue weighted by Gasteiger charge is -2.09. The molecule has 0 spiro atoms. The molecule has 2 aromatic carbocycles. The van der Waals surface area contributed by atoms with Gasteiger partial charge in [0.1, 0.15) is 11.1 Å². The summed E-state index contributed by atoms with van der Waals surface area (Å²) in [6, 6.07) is 14.5. The highest BCUT2D eigenvalue weighted by atomic mass is 19.4. The van der Waals surface area contributed by atoms with Crippen molar-refractivity contribution < 1.29 is 17.9 Å². The van der Waals surface area contributed by atoms with Crippen molar-refractivity contribution in [3.63, 3.8) is 0 Å². The number of fused-ring (bicyclic) bond motifs is 2. The molecule has 0 aliphatic heterocycles. The molecule has 6 nitrogen and oxygen atoms in total. The minimum atomic E-state index is -4.79. The number of hydrogen-bond acceptors (Lipinski definition) is 3. The number of H-pyrrole nitrogens is 1. The van der Waals surface area contributed by atoms with Crippen molar-refractivity contribution >= 4 is 27.8 Å². The van der Waals surface area contributed by atoms with Gasteiger partial charge >= 0.3 is 6.36 Å². The van der Waals surface area contributed by atoms with Crippen molar-refractivity contribution in [2.24, 2.45) is 10.7 Å². The van der Waals surface area contributed by atoms with Crippen molar-refractivity contribution in [3.05, 3.63) is 66.2 Å². The Morgan fingerprint density at radius 1 is 1.07 bits per heavy atom. The summed E-state index contributed by atoms with van der Waals surface area (Å²) in [4.78, 5) is 11.9. The topological polar surface area (TPSA) is 100 Å². The average molecular weight is 397 g/mol. The molecule has 0 fully saturated rings. The number of benzene rings is 2. The van der Waals surface area contributed by atoms with Gasteiger partial charge in [0.25, 0.3) is 0 Å². The molecule has 0 saturated heterocycles. The standard InChI is InChI=1S/C20H14F3N5O/c21-20(22,23)29-12-5-3-4-11(10-12)16-14-8-9-26-17(14)18(28-19(24)25)13-6-1-2-7-15(13)27-16/h1-10,26H,(H3,24,25)/b28-18-. The number of ether oxygens (including phenoxy) is 1. The summed E-state index contributed by atoms with van der Waals surface area (Å²) in [6.45, 7) is 0. The van der Waals surface area contributed by atoms with E-state index in [0.717, 1.165) is 0 Å². The summed E-state index contributed by atoms with van der Waals surface area (Å²) >= 11 is 0. The molecular weight excluding hydrogens is 383 g/mol. The largest absolute Gasteiger partial charge is 0.573 e. The molecule has 4 aromatic rings. The Morgan fingerprint density at radius 3 is 2.62 bits per heavy atom. The first kappa shape index (κ1) is 18.5. The lowest BCUT2D eigenvalue weighted by molar-refractivity contribution is -0.274. The molecule has 4 N–H and O–H groups in total. The zero-order valence-corrected chi connectivity index (χ0v) is 14.8. The Balaban J connectivity index is 2.08. The van der Waals surface area contributed by atoms with E-state index in [9.17, 15) is 13.2 Å². The number of nitrogens with one attached hydrogen (secondary N) is 2. The van der Waals surface area contributed by atoms with Crippen LogP contribution < -0.4 is 15.8 Å². The Kier molecular flexibility index (Phi) is 4.42. The maximum absolute atomic E-state index is 12.6. The number of alkyl halides is 3. The fourth-order valence-electron chi connectivity index (χ4n) is 3.15. The number of nitrogens with zero attached hydrogens (tertiary/aromatic N) is 2. The zero-order valence-electron chi connectivity index (χ0n) is 14.8. The molecule has 0 unspecified atom stereocenters. The van der Waals surface area contributed by atoms with Gasteiger partial charge in [0.2, 0.25) is 5.96 Å². The third kappa shape index (κ3) is 3.75. The maximum atomic E-state index is 12.6. The van der Waals surface area contributed by atoms with Gasteiger partial charge in [-0.3, -0.25) is 5.41 Å². The first-order valence-electron chi connectivity index (χ1n) is 8.47. The zero-order chi connectivity index (χ0) is 20.6. The van der Waals surface area contributed by atoms with Gasteiger partial charge < -0.3 is 15.5 Å². The van der Waals surface area contributed by atoms with Crippen LogP contribution in [0.1, 0.15) is 0 Å². The minimum Gasteiger partial charge on any atom is -0.406 e. The van der Waals surface area contributed by atoms with E-state index in [2.05, 4.69) is 19.7 Å². The highest BCUT2D eigenvalue weighted by molar-refractivity contribution is 5.98. The third-order valence-electron chi connectivity index (χ3n) is 4.20. The van der Waals surface area contributed by atoms with Gasteiger partial charge in [-0.05, 0) is 24.3 Å². The van der Waals surface area contributed by atoms with Crippen LogP contribution in [0.25, 0.3) is 33.1 Å². The van der Waals surface area contributed by atoms with Gasteiger partial charge in [0.05, 0.1) is 16.7 Å². The molecule has 29 heavy (non-hydrogen) atoms. The predicted molar refractivity (Wildman–Crippen MR) is 103 cm³/mol. The number of rotatable bonds is 2. The van der Waals surface area contributed by atoms with E-state index in [1.807, 2.05) is 0 Å². The van der Waals surface area contributed by atoms with Crippen molar-refractivity contribution in [2.45, 2.75) is 6.36 Å². The summed E-state index contributed by atoms with van der Waals surface area (Å²) in [5.74, 6) is -0.718. The normalized spacial score (nSPS) is 12.4. The number of guanidine groups is 1. The molecule has 0 amide bonds. The molecule has 9 heteroatoms. The van der Waals surface area contributed by atoms with E-state index in [-0.39, 0.29) is 11.7 Å². The monoisotopic (exact) mass is 397 g/mol. The highest BCUT2D eigenvalue weighted by Crippen LogP contribution is 2.30. The molecule has 2 heterocycles. The average Bonchev–Trinajstić information content (AvgIpc) is 3.08. The van der Waals surface area contributed by atoms with Gasteiger partial charge in [-0.2, -0.15) is 0 Å². The maximum Gasteiger partial charge on any atom is 0.573 e. The van der Waals surface area contributed by atoms with E-state index < -0.39 is 6.36 Å². The summed E-state index contributed by atoms with van der Waals surface area (Å²) in [5, 5.41) is 9.26. The molecule has 0 atom stereocenters. The van der Waals surface area contributed by atoms with Crippen molar-refractivity contribution in [1.29, 1.82) is 5.41 Å². The van der Waals surface area contributed by atoms with Crippen LogP contribution in [0.15, 0.2) is 65.8 Å². The van der Waals surface area contributed by atoms with Gasteiger partial charge in [-0.15, -0.1) is 13.2 Å².